The number of hydrogen-bond donors (Lipinski definition) is 1. The molecule has 3 heteroatoms. The average molecular weight is 222 g/mol. The molecule has 1 aliphatic heterocycles. The van der Waals surface area contributed by atoms with Crippen LogP contribution in [-0.4, -0.2) is 24.5 Å². The molecule has 1 unspecified atom stereocenters. The van der Waals surface area contributed by atoms with Crippen molar-refractivity contribution < 1.29 is 4.39 Å². The molecule has 0 bridgehead atoms. The van der Waals surface area contributed by atoms with Crippen molar-refractivity contribution in [2.24, 2.45) is 5.73 Å². The van der Waals surface area contributed by atoms with Gasteiger partial charge in [-0.1, -0.05) is 6.07 Å². The van der Waals surface area contributed by atoms with Gasteiger partial charge in [0.05, 0.1) is 0 Å². The summed E-state index contributed by atoms with van der Waals surface area (Å²) < 4.78 is 13.3. The lowest BCUT2D eigenvalue weighted by Crippen LogP contribution is -2.31. The Morgan fingerprint density at radius 2 is 2.06 bits per heavy atom. The molecule has 1 heterocycles. The number of nitrogens with two attached hydrogens (primary N) is 1. The fourth-order valence-electron chi connectivity index (χ4n) is 2.50. The molecule has 1 saturated heterocycles. The van der Waals surface area contributed by atoms with Gasteiger partial charge in [-0.3, -0.25) is 4.90 Å². The molecule has 0 aliphatic carbocycles. The van der Waals surface area contributed by atoms with Gasteiger partial charge in [0.2, 0.25) is 0 Å². The molecule has 0 aromatic heterocycles. The molecule has 0 radical (unpaired) electrons. The molecular formula is C13H19FN2. The molecule has 16 heavy (non-hydrogen) atoms. The molecule has 2 rings (SSSR count). The Bertz CT molecular complexity index is 359. The summed E-state index contributed by atoms with van der Waals surface area (Å²) in [6, 6.07) is 5.16. The zero-order valence-corrected chi connectivity index (χ0v) is 9.75. The van der Waals surface area contributed by atoms with Crippen LogP contribution in [0, 0.1) is 12.7 Å². The molecule has 0 saturated carbocycles. The van der Waals surface area contributed by atoms with Crippen molar-refractivity contribution in [2.45, 2.75) is 25.8 Å². The number of hydrogen-bond acceptors (Lipinski definition) is 2. The monoisotopic (exact) mass is 222 g/mol. The molecule has 1 aliphatic rings. The van der Waals surface area contributed by atoms with Crippen LogP contribution in [0.15, 0.2) is 18.2 Å². The van der Waals surface area contributed by atoms with Crippen LogP contribution in [-0.2, 0) is 0 Å². The first kappa shape index (κ1) is 11.6. The van der Waals surface area contributed by atoms with E-state index in [0.717, 1.165) is 24.2 Å². The minimum atomic E-state index is -0.168. The summed E-state index contributed by atoms with van der Waals surface area (Å²) in [5.74, 6) is -0.168. The van der Waals surface area contributed by atoms with Gasteiger partial charge in [0.15, 0.2) is 0 Å². The maximum absolute atomic E-state index is 13.3. The topological polar surface area (TPSA) is 29.3 Å². The van der Waals surface area contributed by atoms with E-state index in [1.807, 2.05) is 13.0 Å². The van der Waals surface area contributed by atoms with Gasteiger partial charge in [0.1, 0.15) is 5.82 Å². The third-order valence-corrected chi connectivity index (χ3v) is 3.40. The zero-order valence-electron chi connectivity index (χ0n) is 9.75. The molecule has 1 aromatic carbocycles. The van der Waals surface area contributed by atoms with Crippen LogP contribution >= 0.6 is 0 Å². The van der Waals surface area contributed by atoms with Gasteiger partial charge < -0.3 is 5.73 Å². The largest absolute Gasteiger partial charge is 0.329 e. The Labute approximate surface area is 96.2 Å². The van der Waals surface area contributed by atoms with E-state index in [9.17, 15) is 4.39 Å². The quantitative estimate of drug-likeness (QED) is 0.849. The molecule has 1 aromatic rings. The Hall–Kier alpha value is -0.930. The molecular weight excluding hydrogens is 203 g/mol. The van der Waals surface area contributed by atoms with E-state index < -0.39 is 0 Å². The van der Waals surface area contributed by atoms with Gasteiger partial charge in [0.25, 0.3) is 0 Å². The summed E-state index contributed by atoms with van der Waals surface area (Å²) in [6.45, 7) is 4.74. The predicted molar refractivity (Wildman–Crippen MR) is 63.7 cm³/mol. The van der Waals surface area contributed by atoms with Crippen molar-refractivity contribution in [1.82, 2.24) is 4.90 Å². The third kappa shape index (κ3) is 2.25. The summed E-state index contributed by atoms with van der Waals surface area (Å²) >= 11 is 0. The average Bonchev–Trinajstić information content (AvgIpc) is 2.78. The van der Waals surface area contributed by atoms with Gasteiger partial charge >= 0.3 is 0 Å². The fourth-order valence-corrected chi connectivity index (χ4v) is 2.50. The second-order valence-corrected chi connectivity index (χ2v) is 4.50. The summed E-state index contributed by atoms with van der Waals surface area (Å²) in [5.41, 5.74) is 8.01. The first-order valence-electron chi connectivity index (χ1n) is 5.92. The van der Waals surface area contributed by atoms with Crippen molar-refractivity contribution >= 4 is 0 Å². The van der Waals surface area contributed by atoms with Crippen LogP contribution in [0.2, 0.25) is 0 Å². The van der Waals surface area contributed by atoms with E-state index >= 15 is 0 Å². The summed E-state index contributed by atoms with van der Waals surface area (Å²) in [5, 5.41) is 0. The third-order valence-electron chi connectivity index (χ3n) is 3.40. The van der Waals surface area contributed by atoms with Gasteiger partial charge in [-0.15, -0.1) is 0 Å². The highest BCUT2D eigenvalue weighted by molar-refractivity contribution is 5.30. The molecule has 2 N–H and O–H groups in total. The SMILES string of the molecule is Cc1ccc(F)cc1C(CN)N1CCCC1. The second-order valence-electron chi connectivity index (χ2n) is 4.50. The number of nitrogens with zero attached hydrogens (tertiary/aromatic N) is 1. The van der Waals surface area contributed by atoms with Gasteiger partial charge in [0, 0.05) is 12.6 Å². The Morgan fingerprint density at radius 1 is 1.38 bits per heavy atom. The number of benzene rings is 1. The van der Waals surface area contributed by atoms with Gasteiger partial charge in [-0.2, -0.15) is 0 Å². The predicted octanol–water partition coefficient (Wildman–Crippen LogP) is 2.23. The van der Waals surface area contributed by atoms with E-state index in [1.165, 1.54) is 18.9 Å². The van der Waals surface area contributed by atoms with Crippen LogP contribution in [0.3, 0.4) is 0 Å². The van der Waals surface area contributed by atoms with Crippen molar-refractivity contribution in [1.29, 1.82) is 0 Å². The van der Waals surface area contributed by atoms with Crippen molar-refractivity contribution in [3.8, 4) is 0 Å². The first-order valence-corrected chi connectivity index (χ1v) is 5.92. The number of likely N-dealkylation sites (tertiary alicyclic amines) is 1. The Kier molecular flexibility index (Phi) is 3.56. The van der Waals surface area contributed by atoms with E-state index in [1.54, 1.807) is 6.07 Å². The zero-order chi connectivity index (χ0) is 11.5. The standard InChI is InChI=1S/C13H19FN2/c1-10-4-5-11(14)8-12(10)13(9-15)16-6-2-3-7-16/h4-5,8,13H,2-3,6-7,9,15H2,1H3. The van der Waals surface area contributed by atoms with Crippen LogP contribution in [0.25, 0.3) is 0 Å². The number of rotatable bonds is 3. The molecule has 0 spiro atoms. The van der Waals surface area contributed by atoms with E-state index in [4.69, 9.17) is 5.73 Å². The van der Waals surface area contributed by atoms with E-state index in [2.05, 4.69) is 4.90 Å². The summed E-state index contributed by atoms with van der Waals surface area (Å²) in [6.07, 6.45) is 2.45. The van der Waals surface area contributed by atoms with Crippen molar-refractivity contribution in [3.05, 3.63) is 35.1 Å². The molecule has 2 nitrogen and oxygen atoms in total. The maximum Gasteiger partial charge on any atom is 0.123 e. The lowest BCUT2D eigenvalue weighted by Gasteiger charge is -2.27. The lowest BCUT2D eigenvalue weighted by atomic mass is 10.00. The fraction of sp³-hybridized carbons (Fsp3) is 0.538. The maximum atomic E-state index is 13.3. The van der Waals surface area contributed by atoms with Crippen molar-refractivity contribution in [2.75, 3.05) is 19.6 Å². The lowest BCUT2D eigenvalue weighted by molar-refractivity contribution is 0.250. The first-order chi connectivity index (χ1) is 7.72. The highest BCUT2D eigenvalue weighted by Crippen LogP contribution is 2.27. The highest BCUT2D eigenvalue weighted by Gasteiger charge is 2.23. The minimum absolute atomic E-state index is 0.168. The van der Waals surface area contributed by atoms with Crippen LogP contribution in [0.4, 0.5) is 4.39 Å². The van der Waals surface area contributed by atoms with E-state index in [-0.39, 0.29) is 11.9 Å². The van der Waals surface area contributed by atoms with E-state index in [0.29, 0.717) is 6.54 Å². The Morgan fingerprint density at radius 3 is 2.69 bits per heavy atom. The van der Waals surface area contributed by atoms with Crippen LogP contribution in [0.1, 0.15) is 30.0 Å². The van der Waals surface area contributed by atoms with Crippen LogP contribution in [0.5, 0.6) is 0 Å². The second kappa shape index (κ2) is 4.93. The molecule has 1 atom stereocenters. The smallest absolute Gasteiger partial charge is 0.123 e. The highest BCUT2D eigenvalue weighted by atomic mass is 19.1. The van der Waals surface area contributed by atoms with Gasteiger partial charge in [-0.05, 0) is 56.1 Å². The normalized spacial score (nSPS) is 18.9. The van der Waals surface area contributed by atoms with Gasteiger partial charge in [-0.25, -0.2) is 4.39 Å². The number of aryl methyl sites for hydroxylation is 1. The minimum Gasteiger partial charge on any atom is -0.329 e. The number of halogens is 1. The molecule has 88 valence electrons. The van der Waals surface area contributed by atoms with Crippen LogP contribution < -0.4 is 5.73 Å². The summed E-state index contributed by atoms with van der Waals surface area (Å²) in [4.78, 5) is 2.36. The molecule has 1 fully saturated rings. The molecule has 0 amide bonds. The van der Waals surface area contributed by atoms with Crippen molar-refractivity contribution in [3.63, 3.8) is 0 Å². The Balaban J connectivity index is 2.28. The summed E-state index contributed by atoms with van der Waals surface area (Å²) in [7, 11) is 0.